The maximum atomic E-state index is 13.4. The van der Waals surface area contributed by atoms with Gasteiger partial charge in [0.05, 0.1) is 22.8 Å². The first-order valence-electron chi connectivity index (χ1n) is 9.85. The molecule has 1 atom stereocenters. The van der Waals surface area contributed by atoms with Gasteiger partial charge >= 0.3 is 0 Å². The zero-order chi connectivity index (χ0) is 21.7. The summed E-state index contributed by atoms with van der Waals surface area (Å²) < 4.78 is 11.4. The van der Waals surface area contributed by atoms with Gasteiger partial charge in [-0.2, -0.15) is 0 Å². The average molecular weight is 491 g/mol. The van der Waals surface area contributed by atoms with Crippen molar-refractivity contribution in [1.29, 1.82) is 0 Å². The smallest absolute Gasteiger partial charge is 0.254 e. The van der Waals surface area contributed by atoms with Crippen molar-refractivity contribution in [3.8, 4) is 5.75 Å². The van der Waals surface area contributed by atoms with Crippen LogP contribution in [0.4, 0.5) is 0 Å². The highest BCUT2D eigenvalue weighted by Gasteiger charge is 2.25. The molecule has 1 saturated heterocycles. The summed E-state index contributed by atoms with van der Waals surface area (Å²) in [5.74, 6) is 0.186. The Hall–Kier alpha value is -1.17. The lowest BCUT2D eigenvalue weighted by molar-refractivity contribution is 0.0507. The molecule has 162 valence electrons. The Morgan fingerprint density at radius 1 is 1.13 bits per heavy atom. The molecule has 1 amide bonds. The second kappa shape index (κ2) is 10.9. The summed E-state index contributed by atoms with van der Waals surface area (Å²) in [6, 6.07) is 8.42. The summed E-state index contributed by atoms with van der Waals surface area (Å²) in [5, 5.41) is 1.66. The molecule has 0 saturated carbocycles. The molecule has 0 aliphatic carbocycles. The van der Waals surface area contributed by atoms with E-state index in [0.717, 1.165) is 24.8 Å². The highest BCUT2D eigenvalue weighted by molar-refractivity contribution is 6.37. The molecule has 8 heteroatoms. The lowest BCUT2D eigenvalue weighted by Gasteiger charge is -2.26. The maximum Gasteiger partial charge on any atom is 0.254 e. The van der Waals surface area contributed by atoms with E-state index in [4.69, 9.17) is 55.9 Å². The van der Waals surface area contributed by atoms with Crippen molar-refractivity contribution in [2.45, 2.75) is 38.8 Å². The average Bonchev–Trinajstić information content (AvgIpc) is 3.21. The molecule has 2 aromatic carbocycles. The molecule has 1 aliphatic heterocycles. The normalized spacial score (nSPS) is 16.0. The molecule has 1 aliphatic rings. The van der Waals surface area contributed by atoms with Gasteiger partial charge in [-0.15, -0.1) is 0 Å². The van der Waals surface area contributed by atoms with Gasteiger partial charge < -0.3 is 14.4 Å². The topological polar surface area (TPSA) is 38.8 Å². The lowest BCUT2D eigenvalue weighted by atomic mass is 10.1. The number of carbonyl (C=O) groups excluding carboxylic acids is 1. The Bertz CT molecular complexity index is 877. The van der Waals surface area contributed by atoms with Crippen molar-refractivity contribution in [3.63, 3.8) is 0 Å². The molecule has 3 rings (SSSR count). The van der Waals surface area contributed by atoms with Crippen LogP contribution in [0, 0.1) is 0 Å². The second-order valence-corrected chi connectivity index (χ2v) is 8.83. The van der Waals surface area contributed by atoms with Crippen LogP contribution >= 0.6 is 46.4 Å². The molecular formula is C22H23Cl4NO3. The number of hydrogen-bond acceptors (Lipinski definition) is 3. The van der Waals surface area contributed by atoms with Gasteiger partial charge in [0.15, 0.2) is 5.75 Å². The minimum atomic E-state index is -0.206. The van der Waals surface area contributed by atoms with E-state index in [2.05, 4.69) is 0 Å². The first kappa shape index (κ1) is 23.5. The summed E-state index contributed by atoms with van der Waals surface area (Å²) in [6.07, 6.45) is 2.70. The predicted molar refractivity (Wildman–Crippen MR) is 122 cm³/mol. The number of benzene rings is 2. The maximum absolute atomic E-state index is 13.4. The zero-order valence-corrected chi connectivity index (χ0v) is 19.6. The largest absolute Gasteiger partial charge is 0.490 e. The van der Waals surface area contributed by atoms with Crippen LogP contribution in [-0.4, -0.2) is 36.7 Å². The van der Waals surface area contributed by atoms with Gasteiger partial charge in [-0.05, 0) is 49.1 Å². The summed E-state index contributed by atoms with van der Waals surface area (Å²) in [4.78, 5) is 15.1. The van der Waals surface area contributed by atoms with Crippen LogP contribution in [0.3, 0.4) is 0 Å². The number of amides is 1. The number of nitrogens with zero attached hydrogens (tertiary/aromatic N) is 1. The molecule has 30 heavy (non-hydrogen) atoms. The van der Waals surface area contributed by atoms with Crippen molar-refractivity contribution in [2.75, 3.05) is 19.8 Å². The minimum Gasteiger partial charge on any atom is -0.490 e. The number of hydrogen-bond donors (Lipinski definition) is 0. The van der Waals surface area contributed by atoms with Crippen LogP contribution in [0.25, 0.3) is 0 Å². The predicted octanol–water partition coefficient (Wildman–Crippen LogP) is 6.91. The summed E-state index contributed by atoms with van der Waals surface area (Å²) >= 11 is 25.1. The van der Waals surface area contributed by atoms with Crippen LogP contribution < -0.4 is 4.74 Å². The highest BCUT2D eigenvalue weighted by atomic mass is 35.5. The van der Waals surface area contributed by atoms with Crippen molar-refractivity contribution >= 4 is 52.3 Å². The monoisotopic (exact) mass is 489 g/mol. The van der Waals surface area contributed by atoms with E-state index in [9.17, 15) is 4.79 Å². The van der Waals surface area contributed by atoms with Gasteiger partial charge in [-0.3, -0.25) is 4.79 Å². The van der Waals surface area contributed by atoms with Crippen molar-refractivity contribution in [2.24, 2.45) is 0 Å². The van der Waals surface area contributed by atoms with Crippen LogP contribution in [0.5, 0.6) is 5.75 Å². The highest BCUT2D eigenvalue weighted by Crippen LogP contribution is 2.35. The molecule has 0 aromatic heterocycles. The van der Waals surface area contributed by atoms with Crippen molar-refractivity contribution in [1.82, 2.24) is 4.90 Å². The van der Waals surface area contributed by atoms with E-state index in [0.29, 0.717) is 57.7 Å². The minimum absolute atomic E-state index is 0.0156. The van der Waals surface area contributed by atoms with E-state index < -0.39 is 0 Å². The summed E-state index contributed by atoms with van der Waals surface area (Å²) in [5.41, 5.74) is 1.18. The van der Waals surface area contributed by atoms with Gasteiger partial charge in [0, 0.05) is 35.3 Å². The van der Waals surface area contributed by atoms with Gasteiger partial charge in [-0.1, -0.05) is 59.4 Å². The molecular weight excluding hydrogens is 468 g/mol. The van der Waals surface area contributed by atoms with Crippen LogP contribution in [-0.2, 0) is 11.3 Å². The van der Waals surface area contributed by atoms with Crippen molar-refractivity contribution < 1.29 is 14.3 Å². The first-order valence-corrected chi connectivity index (χ1v) is 11.4. The van der Waals surface area contributed by atoms with E-state index in [-0.39, 0.29) is 12.0 Å². The van der Waals surface area contributed by atoms with E-state index in [1.165, 1.54) is 0 Å². The fourth-order valence-electron chi connectivity index (χ4n) is 3.32. The third-order valence-corrected chi connectivity index (χ3v) is 5.96. The molecule has 0 bridgehead atoms. The summed E-state index contributed by atoms with van der Waals surface area (Å²) in [6.45, 7) is 3.95. The molecule has 0 radical (unpaired) electrons. The van der Waals surface area contributed by atoms with Gasteiger partial charge in [0.1, 0.15) is 0 Å². The van der Waals surface area contributed by atoms with Crippen LogP contribution in [0.1, 0.15) is 42.1 Å². The van der Waals surface area contributed by atoms with Crippen molar-refractivity contribution in [3.05, 3.63) is 61.5 Å². The van der Waals surface area contributed by atoms with Gasteiger partial charge in [-0.25, -0.2) is 0 Å². The Morgan fingerprint density at radius 2 is 1.87 bits per heavy atom. The Kier molecular flexibility index (Phi) is 8.55. The Morgan fingerprint density at radius 3 is 2.47 bits per heavy atom. The fourth-order valence-corrected chi connectivity index (χ4v) is 4.38. The van der Waals surface area contributed by atoms with E-state index in [1.54, 1.807) is 29.2 Å². The van der Waals surface area contributed by atoms with Gasteiger partial charge in [0.2, 0.25) is 0 Å². The molecule has 4 nitrogen and oxygen atoms in total. The quantitative estimate of drug-likeness (QED) is 0.403. The first-order chi connectivity index (χ1) is 14.4. The standard InChI is InChI=1S/C22H23Cl4NO3/c1-2-7-30-21-19(25)9-15(10-20(21)26)22(28)27(13-17-4-3-8-29-17)12-14-5-6-16(23)11-18(14)24/h5-6,9-11,17H,2-4,7-8,12-13H2,1H3/t17-/m1/s1. The number of rotatable bonds is 8. The Balaban J connectivity index is 1.87. The SMILES string of the molecule is CCCOc1c(Cl)cc(C(=O)N(Cc2ccc(Cl)cc2Cl)C[C@H]2CCCO2)cc1Cl. The number of ether oxygens (including phenoxy) is 2. The van der Waals surface area contributed by atoms with Crippen LogP contribution in [0.15, 0.2) is 30.3 Å². The summed E-state index contributed by atoms with van der Waals surface area (Å²) in [7, 11) is 0. The third-order valence-electron chi connectivity index (χ3n) is 4.81. The Labute approximate surface area is 196 Å². The van der Waals surface area contributed by atoms with Crippen LogP contribution in [0.2, 0.25) is 20.1 Å². The molecule has 0 N–H and O–H groups in total. The van der Waals surface area contributed by atoms with E-state index in [1.807, 2.05) is 13.0 Å². The molecule has 2 aromatic rings. The van der Waals surface area contributed by atoms with Gasteiger partial charge in [0.25, 0.3) is 5.91 Å². The molecule has 0 spiro atoms. The fraction of sp³-hybridized carbons (Fsp3) is 0.409. The number of halogens is 4. The molecule has 0 unspecified atom stereocenters. The molecule has 1 heterocycles. The third kappa shape index (κ3) is 5.95. The second-order valence-electron chi connectivity index (χ2n) is 7.17. The number of carbonyl (C=O) groups is 1. The molecule has 1 fully saturated rings. The van der Waals surface area contributed by atoms with E-state index >= 15 is 0 Å². The zero-order valence-electron chi connectivity index (χ0n) is 16.6. The lowest BCUT2D eigenvalue weighted by Crippen LogP contribution is -2.37.